The Morgan fingerprint density at radius 1 is 1.10 bits per heavy atom. The van der Waals surface area contributed by atoms with Gasteiger partial charge >= 0.3 is 0 Å². The first kappa shape index (κ1) is 20.4. The zero-order chi connectivity index (χ0) is 21.4. The number of imide groups is 1. The van der Waals surface area contributed by atoms with Crippen LogP contribution in [0.5, 0.6) is 5.75 Å². The molecule has 0 N–H and O–H groups in total. The van der Waals surface area contributed by atoms with Gasteiger partial charge in [-0.3, -0.25) is 9.59 Å². The second-order valence-electron chi connectivity index (χ2n) is 7.69. The minimum absolute atomic E-state index is 0.140. The lowest BCUT2D eigenvalue weighted by molar-refractivity contribution is -0.120. The van der Waals surface area contributed by atoms with Crippen molar-refractivity contribution in [2.45, 2.75) is 19.8 Å². The molecule has 2 heterocycles. The second-order valence-corrected chi connectivity index (χ2v) is 8.10. The van der Waals surface area contributed by atoms with Crippen LogP contribution >= 0.6 is 11.6 Å². The van der Waals surface area contributed by atoms with E-state index in [0.717, 1.165) is 23.8 Å². The van der Waals surface area contributed by atoms with E-state index in [1.54, 1.807) is 31.4 Å². The summed E-state index contributed by atoms with van der Waals surface area (Å²) in [5, 5.41) is -0.140. The summed E-state index contributed by atoms with van der Waals surface area (Å²) in [6, 6.07) is 10.9. The highest BCUT2D eigenvalue weighted by Gasteiger charge is 2.43. The minimum atomic E-state index is -0.604. The largest absolute Gasteiger partial charge is 0.497 e. The van der Waals surface area contributed by atoms with E-state index < -0.39 is 17.6 Å². The molecular formula is C23H22ClFN2O3. The highest BCUT2D eigenvalue weighted by molar-refractivity contribution is 6.45. The number of benzene rings is 2. The zero-order valence-corrected chi connectivity index (χ0v) is 17.6. The van der Waals surface area contributed by atoms with Crippen LogP contribution in [0.2, 0.25) is 5.02 Å². The number of hydrogen-bond acceptors (Lipinski definition) is 4. The first-order valence-electron chi connectivity index (χ1n) is 9.88. The van der Waals surface area contributed by atoms with Crippen molar-refractivity contribution in [1.29, 1.82) is 0 Å². The highest BCUT2D eigenvalue weighted by atomic mass is 35.5. The van der Waals surface area contributed by atoms with Crippen LogP contribution < -0.4 is 9.64 Å². The maximum atomic E-state index is 13.7. The number of halogens is 2. The minimum Gasteiger partial charge on any atom is -0.497 e. The van der Waals surface area contributed by atoms with Gasteiger partial charge in [-0.2, -0.15) is 0 Å². The van der Waals surface area contributed by atoms with Crippen LogP contribution in [0.15, 0.2) is 48.2 Å². The number of ether oxygens (including phenoxy) is 1. The van der Waals surface area contributed by atoms with Gasteiger partial charge in [-0.25, -0.2) is 9.29 Å². The van der Waals surface area contributed by atoms with Gasteiger partial charge in [0, 0.05) is 13.1 Å². The molecule has 0 aliphatic carbocycles. The molecular weight excluding hydrogens is 407 g/mol. The third kappa shape index (κ3) is 3.56. The number of hydrogen-bond donors (Lipinski definition) is 0. The van der Waals surface area contributed by atoms with Crippen molar-refractivity contribution in [3.05, 3.63) is 64.6 Å². The standard InChI is InChI=1S/C23H22ClFN2O3/c1-14-4-3-11-26(13-14)21-20(15-5-8-17(30-2)9-6-15)22(28)27(23(21)29)16-7-10-19(25)18(24)12-16/h5-10,12,14H,3-4,11,13H2,1-2H3. The van der Waals surface area contributed by atoms with Gasteiger partial charge in [0.1, 0.15) is 17.3 Å². The Balaban J connectivity index is 1.82. The maximum Gasteiger partial charge on any atom is 0.282 e. The second kappa shape index (κ2) is 8.11. The number of anilines is 1. The van der Waals surface area contributed by atoms with Crippen LogP contribution in [0, 0.1) is 11.7 Å². The molecule has 1 saturated heterocycles. The molecule has 5 nitrogen and oxygen atoms in total. The number of piperidine rings is 1. The number of carbonyl (C=O) groups excluding carboxylic acids is 2. The molecule has 2 aliphatic heterocycles. The van der Waals surface area contributed by atoms with Gasteiger partial charge in [-0.15, -0.1) is 0 Å². The number of likely N-dealkylation sites (tertiary alicyclic amines) is 1. The molecule has 1 fully saturated rings. The van der Waals surface area contributed by atoms with Crippen molar-refractivity contribution in [2.75, 3.05) is 25.1 Å². The SMILES string of the molecule is COc1ccc(C2=C(N3CCCC(C)C3)C(=O)N(c3ccc(F)c(Cl)c3)C2=O)cc1. The van der Waals surface area contributed by atoms with Gasteiger partial charge in [-0.1, -0.05) is 30.7 Å². The summed E-state index contributed by atoms with van der Waals surface area (Å²) in [5.74, 6) is -0.386. The normalized spacial score (nSPS) is 19.7. The molecule has 0 bridgehead atoms. The fourth-order valence-corrected chi connectivity index (χ4v) is 4.26. The maximum absolute atomic E-state index is 13.7. The first-order valence-corrected chi connectivity index (χ1v) is 10.3. The van der Waals surface area contributed by atoms with Crippen molar-refractivity contribution in [2.24, 2.45) is 5.92 Å². The Morgan fingerprint density at radius 2 is 1.83 bits per heavy atom. The van der Waals surface area contributed by atoms with E-state index in [0.29, 0.717) is 41.6 Å². The number of amides is 2. The summed E-state index contributed by atoms with van der Waals surface area (Å²) in [4.78, 5) is 30.0. The third-order valence-corrected chi connectivity index (χ3v) is 5.86. The molecule has 2 aliphatic rings. The Bertz CT molecular complexity index is 1040. The van der Waals surface area contributed by atoms with E-state index >= 15 is 0 Å². The molecule has 0 aromatic heterocycles. The Labute approximate surface area is 179 Å². The molecule has 4 rings (SSSR count). The molecule has 1 unspecified atom stereocenters. The number of methoxy groups -OCH3 is 1. The topological polar surface area (TPSA) is 49.9 Å². The van der Waals surface area contributed by atoms with Crippen LogP contribution in [-0.4, -0.2) is 36.9 Å². The van der Waals surface area contributed by atoms with E-state index in [4.69, 9.17) is 16.3 Å². The van der Waals surface area contributed by atoms with Gasteiger partial charge in [0.25, 0.3) is 11.8 Å². The van der Waals surface area contributed by atoms with E-state index in [9.17, 15) is 14.0 Å². The van der Waals surface area contributed by atoms with Gasteiger partial charge in [0.2, 0.25) is 0 Å². The van der Waals surface area contributed by atoms with E-state index in [2.05, 4.69) is 6.92 Å². The molecule has 30 heavy (non-hydrogen) atoms. The molecule has 1 atom stereocenters. The average Bonchev–Trinajstić information content (AvgIpc) is 3.00. The van der Waals surface area contributed by atoms with Gasteiger partial charge in [0.15, 0.2) is 0 Å². The Kier molecular flexibility index (Phi) is 5.52. The van der Waals surface area contributed by atoms with Crippen LogP contribution in [0.1, 0.15) is 25.3 Å². The summed E-state index contributed by atoms with van der Waals surface area (Å²) in [6.45, 7) is 3.54. The molecule has 2 aromatic carbocycles. The molecule has 156 valence electrons. The Hall–Kier alpha value is -2.86. The zero-order valence-electron chi connectivity index (χ0n) is 16.8. The Morgan fingerprint density at radius 3 is 2.47 bits per heavy atom. The van der Waals surface area contributed by atoms with Crippen LogP contribution in [0.4, 0.5) is 10.1 Å². The number of rotatable bonds is 4. The fourth-order valence-electron chi connectivity index (χ4n) is 4.08. The summed E-state index contributed by atoms with van der Waals surface area (Å²) >= 11 is 5.92. The lowest BCUT2D eigenvalue weighted by atomic mass is 9.98. The average molecular weight is 429 g/mol. The monoisotopic (exact) mass is 428 g/mol. The molecule has 2 aromatic rings. The van der Waals surface area contributed by atoms with Crippen LogP contribution in [0.25, 0.3) is 5.57 Å². The summed E-state index contributed by atoms with van der Waals surface area (Å²) < 4.78 is 18.9. The predicted molar refractivity (Wildman–Crippen MR) is 114 cm³/mol. The number of carbonyl (C=O) groups is 2. The van der Waals surface area contributed by atoms with E-state index in [1.807, 2.05) is 4.90 Å². The molecule has 0 saturated carbocycles. The number of nitrogens with zero attached hydrogens (tertiary/aromatic N) is 2. The van der Waals surface area contributed by atoms with Crippen LogP contribution in [-0.2, 0) is 9.59 Å². The van der Waals surface area contributed by atoms with Crippen LogP contribution in [0.3, 0.4) is 0 Å². The van der Waals surface area contributed by atoms with Gasteiger partial charge in [-0.05, 0) is 54.7 Å². The van der Waals surface area contributed by atoms with Crippen molar-refractivity contribution in [3.8, 4) is 5.75 Å². The smallest absolute Gasteiger partial charge is 0.282 e. The van der Waals surface area contributed by atoms with Crippen molar-refractivity contribution in [1.82, 2.24) is 4.90 Å². The first-order chi connectivity index (χ1) is 14.4. The molecule has 0 radical (unpaired) electrons. The van der Waals surface area contributed by atoms with E-state index in [-0.39, 0.29) is 10.7 Å². The van der Waals surface area contributed by atoms with Crippen molar-refractivity contribution >= 4 is 34.7 Å². The third-order valence-electron chi connectivity index (χ3n) is 5.57. The summed E-state index contributed by atoms with van der Waals surface area (Å²) in [6.07, 6.45) is 2.03. The summed E-state index contributed by atoms with van der Waals surface area (Å²) in [7, 11) is 1.57. The lowest BCUT2D eigenvalue weighted by Crippen LogP contribution is -2.39. The lowest BCUT2D eigenvalue weighted by Gasteiger charge is -2.33. The van der Waals surface area contributed by atoms with E-state index in [1.165, 1.54) is 12.1 Å². The highest BCUT2D eigenvalue weighted by Crippen LogP contribution is 2.37. The summed E-state index contributed by atoms with van der Waals surface area (Å²) in [5.41, 5.74) is 1.62. The van der Waals surface area contributed by atoms with Gasteiger partial charge in [0.05, 0.1) is 23.4 Å². The quantitative estimate of drug-likeness (QED) is 0.672. The molecule has 7 heteroatoms. The molecule has 0 spiro atoms. The fraction of sp³-hybridized carbons (Fsp3) is 0.304. The predicted octanol–water partition coefficient (Wildman–Crippen LogP) is 4.50. The van der Waals surface area contributed by atoms with Crippen molar-refractivity contribution < 1.29 is 18.7 Å². The van der Waals surface area contributed by atoms with Crippen molar-refractivity contribution in [3.63, 3.8) is 0 Å². The molecule has 2 amide bonds. The van der Waals surface area contributed by atoms with Gasteiger partial charge < -0.3 is 9.64 Å².